The molecule has 0 radical (unpaired) electrons. The molecule has 8 atom stereocenters. The van der Waals surface area contributed by atoms with Crippen LogP contribution in [0.4, 0.5) is 0 Å². The van der Waals surface area contributed by atoms with Gasteiger partial charge in [-0.3, -0.25) is 9.59 Å². The highest BCUT2D eigenvalue weighted by atomic mass is 16.7. The lowest BCUT2D eigenvalue weighted by Gasteiger charge is -2.41. The van der Waals surface area contributed by atoms with E-state index in [2.05, 4.69) is 99.0 Å². The molecule has 11 nitrogen and oxygen atoms in total. The van der Waals surface area contributed by atoms with Crippen LogP contribution in [-0.2, 0) is 23.8 Å². The monoisotopic (exact) mass is 1110 g/mol. The van der Waals surface area contributed by atoms with Crippen LogP contribution < -0.4 is 5.32 Å². The second kappa shape index (κ2) is 55.1. The molecule has 1 aliphatic rings. The van der Waals surface area contributed by atoms with Crippen molar-refractivity contribution in [2.45, 2.75) is 307 Å². The minimum atomic E-state index is -1.65. The summed E-state index contributed by atoms with van der Waals surface area (Å²) in [5.41, 5.74) is 0. The molecule has 1 rings (SSSR count). The molecule has 11 heteroatoms. The number of unbranched alkanes of at least 4 members (excludes halogenated alkanes) is 25. The Morgan fingerprint density at radius 1 is 0.506 bits per heavy atom. The van der Waals surface area contributed by atoms with Crippen molar-refractivity contribution in [3.8, 4) is 0 Å². The van der Waals surface area contributed by atoms with Crippen molar-refractivity contribution >= 4 is 11.9 Å². The summed E-state index contributed by atoms with van der Waals surface area (Å²) in [7, 11) is 0. The van der Waals surface area contributed by atoms with Crippen LogP contribution in [0, 0.1) is 0 Å². The van der Waals surface area contributed by atoms with Gasteiger partial charge in [0, 0.05) is 6.42 Å². The van der Waals surface area contributed by atoms with Crippen molar-refractivity contribution in [1.82, 2.24) is 5.32 Å². The number of hydrogen-bond acceptors (Lipinski definition) is 10. The van der Waals surface area contributed by atoms with E-state index in [1.807, 2.05) is 18.2 Å². The number of ether oxygens (including phenoxy) is 3. The average Bonchev–Trinajstić information content (AvgIpc) is 3.49. The van der Waals surface area contributed by atoms with Gasteiger partial charge >= 0.3 is 5.97 Å². The highest BCUT2D eigenvalue weighted by molar-refractivity contribution is 5.80. The van der Waals surface area contributed by atoms with Gasteiger partial charge in [0.1, 0.15) is 24.4 Å². The third-order valence-corrected chi connectivity index (χ3v) is 14.5. The van der Waals surface area contributed by atoms with Gasteiger partial charge in [-0.05, 0) is 89.9 Å². The van der Waals surface area contributed by atoms with Crippen molar-refractivity contribution in [2.75, 3.05) is 13.2 Å². The van der Waals surface area contributed by atoms with Crippen LogP contribution in [-0.4, -0.2) is 99.6 Å². The van der Waals surface area contributed by atoms with Crippen LogP contribution in [0.3, 0.4) is 0 Å². The van der Waals surface area contributed by atoms with Gasteiger partial charge in [-0.2, -0.15) is 0 Å². The molecule has 0 spiro atoms. The summed E-state index contributed by atoms with van der Waals surface area (Å²) in [6, 6.07) is -1.05. The Morgan fingerprint density at radius 2 is 0.911 bits per heavy atom. The SMILES string of the molecule is CC/C=C\C/C=C\C/C=C\C/C=C\C/C=C\C/C=C\CCC(=O)OC1C(OCC(NC(=O)C(O)CCCCCCCCCC/C=C/CCCCCCCC)C(O)/C=C/CCCCCCCCCCCCC)OC(CO)C(O)C1O. The van der Waals surface area contributed by atoms with E-state index < -0.39 is 67.4 Å². The number of esters is 1. The van der Waals surface area contributed by atoms with E-state index in [1.165, 1.54) is 122 Å². The largest absolute Gasteiger partial charge is 0.454 e. The maximum absolute atomic E-state index is 13.4. The Balaban J connectivity index is 2.73. The molecule has 0 aromatic rings. The van der Waals surface area contributed by atoms with Gasteiger partial charge in [0.25, 0.3) is 0 Å². The molecule has 0 aromatic heterocycles. The maximum atomic E-state index is 13.4. The first-order chi connectivity index (χ1) is 38.7. The van der Waals surface area contributed by atoms with Gasteiger partial charge < -0.3 is 45.1 Å². The Kier molecular flexibility index (Phi) is 51.4. The summed E-state index contributed by atoms with van der Waals surface area (Å²) in [5.74, 6) is -1.29. The first kappa shape index (κ1) is 73.6. The topological polar surface area (TPSA) is 175 Å². The standard InChI is InChI=1S/C68H117NO10/c1-4-7-10-13-16-19-22-25-27-29-31-33-35-38-41-44-47-50-53-56-63(73)79-66-65(75)64(74)62(57-70)78-68(66)77-58-59(60(71)54-51-48-45-42-39-36-24-21-18-15-12-9-6-3)69-67(76)61(72)55-52-49-46-43-40-37-34-32-30-28-26-23-20-17-14-11-8-5-2/h7,10,16,19,25-28,31,33,38,41,47,50-51,54,59-62,64-66,68,70-72,74-75H,4-6,8-9,11-15,17-18,20-24,29-30,32,34-37,39-40,42-46,48-49,52-53,55-58H2,1-3H3,(H,69,76)/b10-7-,19-16-,27-25-,28-26+,33-31-,41-38-,50-47-,54-51+. The Bertz CT molecular complexity index is 1650. The highest BCUT2D eigenvalue weighted by Crippen LogP contribution is 2.26. The lowest BCUT2D eigenvalue weighted by atomic mass is 9.99. The van der Waals surface area contributed by atoms with Crippen molar-refractivity contribution in [3.05, 3.63) is 97.2 Å². The minimum absolute atomic E-state index is 0.00564. The van der Waals surface area contributed by atoms with E-state index >= 15 is 0 Å². The molecular formula is C68H117NO10. The van der Waals surface area contributed by atoms with E-state index in [9.17, 15) is 35.1 Å². The van der Waals surface area contributed by atoms with Crippen molar-refractivity contribution in [1.29, 1.82) is 0 Å². The van der Waals surface area contributed by atoms with Crippen molar-refractivity contribution in [2.24, 2.45) is 0 Å². The minimum Gasteiger partial charge on any atom is -0.454 e. The zero-order valence-corrected chi connectivity index (χ0v) is 50.2. The van der Waals surface area contributed by atoms with E-state index in [-0.39, 0.29) is 19.4 Å². The third kappa shape index (κ3) is 43.0. The summed E-state index contributed by atoms with van der Waals surface area (Å²) in [5, 5.41) is 57.0. The molecule has 1 fully saturated rings. The fraction of sp³-hybridized carbons (Fsp3) is 0.735. The fourth-order valence-electron chi connectivity index (χ4n) is 9.44. The summed E-state index contributed by atoms with van der Waals surface area (Å²) >= 11 is 0. The molecule has 1 amide bonds. The molecule has 6 N–H and O–H groups in total. The van der Waals surface area contributed by atoms with Gasteiger partial charge in [0.05, 0.1) is 25.4 Å². The Hall–Kier alpha value is -3.42. The zero-order valence-electron chi connectivity index (χ0n) is 50.2. The molecule has 0 bridgehead atoms. The average molecular weight is 1110 g/mol. The number of aliphatic hydroxyl groups is 5. The number of carbonyl (C=O) groups is 2. The van der Waals surface area contributed by atoms with Gasteiger partial charge in [-0.1, -0.05) is 259 Å². The van der Waals surface area contributed by atoms with Crippen LogP contribution in [0.15, 0.2) is 97.2 Å². The summed E-state index contributed by atoms with van der Waals surface area (Å²) < 4.78 is 17.6. The van der Waals surface area contributed by atoms with Gasteiger partial charge in [-0.15, -0.1) is 0 Å². The van der Waals surface area contributed by atoms with Gasteiger partial charge in [0.15, 0.2) is 12.4 Å². The molecule has 1 aliphatic heterocycles. The number of nitrogens with one attached hydrogen (secondary N) is 1. The van der Waals surface area contributed by atoms with Crippen molar-refractivity contribution < 1.29 is 49.3 Å². The Labute approximate surface area is 482 Å². The van der Waals surface area contributed by atoms with E-state index in [4.69, 9.17) is 14.2 Å². The first-order valence-corrected chi connectivity index (χ1v) is 32.0. The lowest BCUT2D eigenvalue weighted by molar-refractivity contribution is -0.305. The normalized spacial score (nSPS) is 19.5. The molecule has 0 aromatic carbocycles. The number of allylic oxidation sites excluding steroid dienone is 15. The van der Waals surface area contributed by atoms with E-state index in [0.29, 0.717) is 19.3 Å². The van der Waals surface area contributed by atoms with Gasteiger partial charge in [0.2, 0.25) is 5.91 Å². The number of hydrogen-bond donors (Lipinski definition) is 6. The molecule has 0 saturated carbocycles. The predicted octanol–water partition coefficient (Wildman–Crippen LogP) is 15.5. The van der Waals surface area contributed by atoms with Crippen LogP contribution in [0.25, 0.3) is 0 Å². The molecule has 454 valence electrons. The predicted molar refractivity (Wildman–Crippen MR) is 329 cm³/mol. The Morgan fingerprint density at radius 3 is 1.37 bits per heavy atom. The zero-order chi connectivity index (χ0) is 57.5. The molecule has 79 heavy (non-hydrogen) atoms. The van der Waals surface area contributed by atoms with Gasteiger partial charge in [-0.25, -0.2) is 0 Å². The van der Waals surface area contributed by atoms with E-state index in [0.717, 1.165) is 83.5 Å². The molecular weight excluding hydrogens is 991 g/mol. The first-order valence-electron chi connectivity index (χ1n) is 32.0. The summed E-state index contributed by atoms with van der Waals surface area (Å²) in [4.78, 5) is 26.5. The smallest absolute Gasteiger partial charge is 0.306 e. The van der Waals surface area contributed by atoms with Crippen LogP contribution in [0.2, 0.25) is 0 Å². The summed E-state index contributed by atoms with van der Waals surface area (Å²) in [6.45, 7) is 5.64. The molecule has 1 heterocycles. The number of amides is 1. The number of aliphatic hydroxyl groups excluding tert-OH is 5. The molecule has 0 aliphatic carbocycles. The maximum Gasteiger partial charge on any atom is 0.306 e. The van der Waals surface area contributed by atoms with Crippen LogP contribution in [0.5, 0.6) is 0 Å². The quantitative estimate of drug-likeness (QED) is 0.0195. The van der Waals surface area contributed by atoms with E-state index in [1.54, 1.807) is 6.08 Å². The van der Waals surface area contributed by atoms with Crippen molar-refractivity contribution in [3.63, 3.8) is 0 Å². The highest BCUT2D eigenvalue weighted by Gasteiger charge is 2.47. The second-order valence-corrected chi connectivity index (χ2v) is 21.8. The van der Waals surface area contributed by atoms with Crippen LogP contribution in [0.1, 0.15) is 258 Å². The summed E-state index contributed by atoms with van der Waals surface area (Å²) in [6.07, 6.45) is 63.1. The number of rotatable bonds is 53. The lowest BCUT2D eigenvalue weighted by Crippen LogP contribution is -2.61. The second-order valence-electron chi connectivity index (χ2n) is 21.8. The molecule has 1 saturated heterocycles. The number of carbonyl (C=O) groups excluding carboxylic acids is 2. The fourth-order valence-corrected chi connectivity index (χ4v) is 9.44. The third-order valence-electron chi connectivity index (χ3n) is 14.5. The molecule has 8 unspecified atom stereocenters. The van der Waals surface area contributed by atoms with Crippen LogP contribution >= 0.6 is 0 Å².